The number of carbonyl (C=O) groups excluding carboxylic acids is 1. The van der Waals surface area contributed by atoms with Crippen molar-refractivity contribution in [2.45, 2.75) is 25.3 Å². The molecule has 0 aromatic heterocycles. The molecule has 1 rings (SSSR count). The summed E-state index contributed by atoms with van der Waals surface area (Å²) in [6, 6.07) is 0. The summed E-state index contributed by atoms with van der Waals surface area (Å²) in [5.41, 5.74) is -0.179. The van der Waals surface area contributed by atoms with Crippen LogP contribution in [0.25, 0.3) is 0 Å². The molecule has 0 saturated carbocycles. The number of hydrogen-bond donors (Lipinski definition) is 1. The SMILES string of the molecule is CCNC1(CC(=O)OC)CCOC1. The number of ether oxygens (including phenoxy) is 2. The van der Waals surface area contributed by atoms with Gasteiger partial charge in [0.15, 0.2) is 0 Å². The number of nitrogens with one attached hydrogen (secondary N) is 1. The second-order valence-electron chi connectivity index (χ2n) is 3.37. The van der Waals surface area contributed by atoms with Gasteiger partial charge < -0.3 is 14.8 Å². The van der Waals surface area contributed by atoms with Crippen molar-refractivity contribution in [2.75, 3.05) is 26.9 Å². The Labute approximate surface area is 78.6 Å². The van der Waals surface area contributed by atoms with Crippen LogP contribution in [0.1, 0.15) is 19.8 Å². The zero-order valence-electron chi connectivity index (χ0n) is 8.26. The van der Waals surface area contributed by atoms with Gasteiger partial charge in [-0.25, -0.2) is 0 Å². The molecular weight excluding hydrogens is 170 g/mol. The second-order valence-corrected chi connectivity index (χ2v) is 3.37. The Balaban J connectivity index is 2.51. The van der Waals surface area contributed by atoms with Crippen LogP contribution in [0.2, 0.25) is 0 Å². The van der Waals surface area contributed by atoms with E-state index in [4.69, 9.17) is 4.74 Å². The largest absolute Gasteiger partial charge is 0.469 e. The fraction of sp³-hybridized carbons (Fsp3) is 0.889. The van der Waals surface area contributed by atoms with Gasteiger partial charge in [-0.3, -0.25) is 4.79 Å². The lowest BCUT2D eigenvalue weighted by Gasteiger charge is -2.26. The van der Waals surface area contributed by atoms with Gasteiger partial charge >= 0.3 is 5.97 Å². The molecule has 0 aromatic rings. The van der Waals surface area contributed by atoms with Gasteiger partial charge in [0.25, 0.3) is 0 Å². The van der Waals surface area contributed by atoms with E-state index >= 15 is 0 Å². The molecule has 0 radical (unpaired) electrons. The molecular formula is C9H17NO3. The van der Waals surface area contributed by atoms with Gasteiger partial charge in [0.1, 0.15) is 0 Å². The Kier molecular flexibility index (Phi) is 3.69. The highest BCUT2D eigenvalue weighted by atomic mass is 16.5. The molecule has 1 saturated heterocycles. The van der Waals surface area contributed by atoms with Crippen molar-refractivity contribution in [3.05, 3.63) is 0 Å². The summed E-state index contributed by atoms with van der Waals surface area (Å²) in [6.07, 6.45) is 1.28. The maximum Gasteiger partial charge on any atom is 0.307 e. The Hall–Kier alpha value is -0.610. The third-order valence-electron chi connectivity index (χ3n) is 2.37. The minimum Gasteiger partial charge on any atom is -0.469 e. The molecule has 1 N–H and O–H groups in total. The first-order valence-corrected chi connectivity index (χ1v) is 4.62. The summed E-state index contributed by atoms with van der Waals surface area (Å²) in [6.45, 7) is 4.21. The van der Waals surface area contributed by atoms with Gasteiger partial charge in [-0.1, -0.05) is 6.92 Å². The van der Waals surface area contributed by atoms with Crippen LogP contribution in [0, 0.1) is 0 Å². The summed E-state index contributed by atoms with van der Waals surface area (Å²) in [7, 11) is 1.41. The number of likely N-dealkylation sites (N-methyl/N-ethyl adjacent to an activating group) is 1. The van der Waals surface area contributed by atoms with Crippen molar-refractivity contribution in [2.24, 2.45) is 0 Å². The van der Waals surface area contributed by atoms with Crippen LogP contribution in [-0.4, -0.2) is 38.4 Å². The third-order valence-corrected chi connectivity index (χ3v) is 2.37. The Morgan fingerprint density at radius 2 is 2.46 bits per heavy atom. The molecule has 13 heavy (non-hydrogen) atoms. The highest BCUT2D eigenvalue weighted by molar-refractivity contribution is 5.70. The van der Waals surface area contributed by atoms with Gasteiger partial charge in [-0.05, 0) is 13.0 Å². The van der Waals surface area contributed by atoms with Gasteiger partial charge in [0.05, 0.1) is 25.7 Å². The predicted octanol–water partition coefficient (Wildman–Crippen LogP) is 0.318. The monoisotopic (exact) mass is 187 g/mol. The molecule has 0 spiro atoms. The number of hydrogen-bond acceptors (Lipinski definition) is 4. The molecule has 0 bridgehead atoms. The molecule has 0 aromatic carbocycles. The van der Waals surface area contributed by atoms with E-state index < -0.39 is 0 Å². The molecule has 1 unspecified atom stereocenters. The molecule has 4 heteroatoms. The lowest BCUT2D eigenvalue weighted by molar-refractivity contribution is -0.142. The van der Waals surface area contributed by atoms with E-state index in [2.05, 4.69) is 10.1 Å². The molecule has 0 aliphatic carbocycles. The van der Waals surface area contributed by atoms with Crippen molar-refractivity contribution in [3.63, 3.8) is 0 Å². The summed E-state index contributed by atoms with van der Waals surface area (Å²) in [4.78, 5) is 11.1. The van der Waals surface area contributed by atoms with Gasteiger partial charge in [-0.15, -0.1) is 0 Å². The fourth-order valence-electron chi connectivity index (χ4n) is 1.67. The van der Waals surface area contributed by atoms with Crippen molar-refractivity contribution in [1.29, 1.82) is 0 Å². The average Bonchev–Trinajstić information content (AvgIpc) is 2.54. The zero-order chi connectivity index (χ0) is 9.73. The Morgan fingerprint density at radius 3 is 2.92 bits per heavy atom. The maximum atomic E-state index is 11.1. The van der Waals surface area contributed by atoms with E-state index in [1.54, 1.807) is 0 Å². The molecule has 1 atom stereocenters. The minimum atomic E-state index is -0.179. The van der Waals surface area contributed by atoms with Crippen molar-refractivity contribution < 1.29 is 14.3 Å². The summed E-state index contributed by atoms with van der Waals surface area (Å²) in [5, 5.41) is 3.30. The maximum absolute atomic E-state index is 11.1. The first-order chi connectivity index (χ1) is 6.22. The minimum absolute atomic E-state index is 0.175. The smallest absolute Gasteiger partial charge is 0.307 e. The van der Waals surface area contributed by atoms with Crippen LogP contribution in [0.15, 0.2) is 0 Å². The lowest BCUT2D eigenvalue weighted by Crippen LogP contribution is -2.47. The van der Waals surface area contributed by atoms with Crippen LogP contribution < -0.4 is 5.32 Å². The molecule has 1 aliphatic rings. The molecule has 4 nitrogen and oxygen atoms in total. The van der Waals surface area contributed by atoms with Gasteiger partial charge in [-0.2, -0.15) is 0 Å². The summed E-state index contributed by atoms with van der Waals surface area (Å²) < 4.78 is 9.94. The highest BCUT2D eigenvalue weighted by Crippen LogP contribution is 2.22. The zero-order valence-corrected chi connectivity index (χ0v) is 8.26. The number of carbonyl (C=O) groups is 1. The molecule has 1 fully saturated rings. The first kappa shape index (κ1) is 10.5. The highest BCUT2D eigenvalue weighted by Gasteiger charge is 2.36. The van der Waals surface area contributed by atoms with Crippen LogP contribution in [0.3, 0.4) is 0 Å². The van der Waals surface area contributed by atoms with E-state index in [0.717, 1.165) is 19.6 Å². The molecule has 76 valence electrons. The standard InChI is InChI=1S/C9H17NO3/c1-3-10-9(4-5-13-7-9)6-8(11)12-2/h10H,3-7H2,1-2H3. The van der Waals surface area contributed by atoms with Crippen LogP contribution in [-0.2, 0) is 14.3 Å². The van der Waals surface area contributed by atoms with Crippen LogP contribution in [0.5, 0.6) is 0 Å². The third kappa shape index (κ3) is 2.67. The lowest BCUT2D eigenvalue weighted by atomic mass is 9.94. The molecule has 0 amide bonds. The van der Waals surface area contributed by atoms with Crippen molar-refractivity contribution in [1.82, 2.24) is 5.32 Å². The number of esters is 1. The van der Waals surface area contributed by atoms with Crippen LogP contribution >= 0.6 is 0 Å². The predicted molar refractivity (Wildman–Crippen MR) is 48.5 cm³/mol. The van der Waals surface area contributed by atoms with E-state index in [1.807, 2.05) is 6.92 Å². The summed E-state index contributed by atoms with van der Waals surface area (Å²) in [5.74, 6) is -0.175. The fourth-order valence-corrected chi connectivity index (χ4v) is 1.67. The number of rotatable bonds is 4. The van der Waals surface area contributed by atoms with E-state index in [-0.39, 0.29) is 11.5 Å². The van der Waals surface area contributed by atoms with E-state index in [9.17, 15) is 4.79 Å². The van der Waals surface area contributed by atoms with E-state index in [0.29, 0.717) is 13.0 Å². The topological polar surface area (TPSA) is 47.6 Å². The summed E-state index contributed by atoms with van der Waals surface area (Å²) >= 11 is 0. The number of methoxy groups -OCH3 is 1. The van der Waals surface area contributed by atoms with E-state index in [1.165, 1.54) is 7.11 Å². The molecule has 1 aliphatic heterocycles. The Morgan fingerprint density at radius 1 is 1.69 bits per heavy atom. The van der Waals surface area contributed by atoms with Gasteiger partial charge in [0.2, 0.25) is 0 Å². The average molecular weight is 187 g/mol. The Bertz CT molecular complexity index is 176. The first-order valence-electron chi connectivity index (χ1n) is 4.62. The van der Waals surface area contributed by atoms with Crippen molar-refractivity contribution >= 4 is 5.97 Å². The van der Waals surface area contributed by atoms with Crippen LogP contribution in [0.4, 0.5) is 0 Å². The van der Waals surface area contributed by atoms with Crippen molar-refractivity contribution in [3.8, 4) is 0 Å². The second kappa shape index (κ2) is 4.58. The normalized spacial score (nSPS) is 27.5. The molecule has 1 heterocycles. The van der Waals surface area contributed by atoms with Gasteiger partial charge in [0, 0.05) is 6.61 Å². The quantitative estimate of drug-likeness (QED) is 0.644.